The van der Waals surface area contributed by atoms with E-state index in [4.69, 9.17) is 9.73 Å². The Balaban J connectivity index is 1.67. The number of halogens is 2. The molecule has 138 valence electrons. The summed E-state index contributed by atoms with van der Waals surface area (Å²) in [5, 5.41) is 0.696. The first-order chi connectivity index (χ1) is 12.9. The van der Waals surface area contributed by atoms with E-state index < -0.39 is 11.5 Å². The van der Waals surface area contributed by atoms with Crippen LogP contribution in [-0.2, 0) is 11.2 Å². The lowest BCUT2D eigenvalue weighted by Gasteiger charge is -2.34. The minimum absolute atomic E-state index is 0.0285. The zero-order chi connectivity index (χ0) is 19.0. The van der Waals surface area contributed by atoms with Crippen LogP contribution in [0.4, 0.5) is 8.78 Å². The highest BCUT2D eigenvalue weighted by Crippen LogP contribution is 2.29. The first kappa shape index (κ1) is 17.5. The van der Waals surface area contributed by atoms with Crippen LogP contribution in [0.3, 0.4) is 0 Å². The topological polar surface area (TPSA) is 47.4 Å². The molecule has 0 bridgehead atoms. The number of hydrogen-bond donors (Lipinski definition) is 0. The molecular formula is C21H19F2N3O. The van der Waals surface area contributed by atoms with Crippen LogP contribution in [0.1, 0.15) is 31.4 Å². The fourth-order valence-electron chi connectivity index (χ4n) is 3.40. The van der Waals surface area contributed by atoms with Crippen LogP contribution in [0.5, 0.6) is 0 Å². The first-order valence-electron chi connectivity index (χ1n) is 8.81. The molecule has 27 heavy (non-hydrogen) atoms. The molecule has 1 aliphatic heterocycles. The molecule has 0 N–H and O–H groups in total. The molecule has 0 radical (unpaired) electrons. The summed E-state index contributed by atoms with van der Waals surface area (Å²) >= 11 is 0. The molecule has 0 spiro atoms. The molecule has 1 unspecified atom stereocenters. The molecule has 4 rings (SSSR count). The van der Waals surface area contributed by atoms with Crippen molar-refractivity contribution >= 4 is 16.8 Å². The van der Waals surface area contributed by atoms with E-state index in [0.717, 1.165) is 12.0 Å². The highest BCUT2D eigenvalue weighted by Gasteiger charge is 2.32. The molecular weight excluding hydrogens is 348 g/mol. The monoisotopic (exact) mass is 367 g/mol. The molecule has 3 aromatic rings. The quantitative estimate of drug-likeness (QED) is 0.642. The van der Waals surface area contributed by atoms with Crippen LogP contribution in [0.2, 0.25) is 0 Å². The van der Waals surface area contributed by atoms with Gasteiger partial charge in [-0.3, -0.25) is 4.98 Å². The van der Waals surface area contributed by atoms with Gasteiger partial charge in [-0.2, -0.15) is 4.39 Å². The molecule has 6 heteroatoms. The Morgan fingerprint density at radius 1 is 1.11 bits per heavy atom. The molecule has 2 aromatic heterocycles. The van der Waals surface area contributed by atoms with Gasteiger partial charge in [-0.25, -0.2) is 14.4 Å². The van der Waals surface area contributed by atoms with Crippen molar-refractivity contribution in [2.24, 2.45) is 4.99 Å². The number of ether oxygens (including phenoxy) is 1. The number of rotatable bonds is 3. The molecule has 0 saturated heterocycles. The van der Waals surface area contributed by atoms with Gasteiger partial charge in [0.25, 0.3) is 0 Å². The predicted molar refractivity (Wildman–Crippen MR) is 99.7 cm³/mol. The van der Waals surface area contributed by atoms with E-state index >= 15 is 0 Å². The zero-order valence-electron chi connectivity index (χ0n) is 15.1. The zero-order valence-corrected chi connectivity index (χ0v) is 15.1. The van der Waals surface area contributed by atoms with Crippen LogP contribution in [0.25, 0.3) is 10.9 Å². The minimum Gasteiger partial charge on any atom is -0.471 e. The summed E-state index contributed by atoms with van der Waals surface area (Å²) in [4.78, 5) is 12.7. The second-order valence-corrected chi connectivity index (χ2v) is 7.38. The number of aliphatic imine (C=N–C) groups is 1. The van der Waals surface area contributed by atoms with E-state index in [1.807, 2.05) is 26.0 Å². The fraction of sp³-hybridized carbons (Fsp3) is 0.286. The van der Waals surface area contributed by atoms with E-state index in [-0.39, 0.29) is 11.9 Å². The van der Waals surface area contributed by atoms with Gasteiger partial charge in [0.05, 0.1) is 11.6 Å². The van der Waals surface area contributed by atoms with Crippen molar-refractivity contribution < 1.29 is 13.5 Å². The summed E-state index contributed by atoms with van der Waals surface area (Å²) in [6, 6.07) is 9.74. The molecule has 1 atom stereocenters. The van der Waals surface area contributed by atoms with Crippen molar-refractivity contribution in [2.75, 3.05) is 0 Å². The summed E-state index contributed by atoms with van der Waals surface area (Å²) in [5.41, 5.74) is 1.54. The van der Waals surface area contributed by atoms with Crippen molar-refractivity contribution in [3.63, 3.8) is 0 Å². The van der Waals surface area contributed by atoms with Gasteiger partial charge in [0.15, 0.2) is 0 Å². The summed E-state index contributed by atoms with van der Waals surface area (Å²) in [6.45, 7) is 4.01. The van der Waals surface area contributed by atoms with Crippen LogP contribution in [-0.4, -0.2) is 27.5 Å². The number of benzene rings is 1. The molecule has 0 amide bonds. The summed E-state index contributed by atoms with van der Waals surface area (Å²) < 4.78 is 33.0. The Morgan fingerprint density at radius 3 is 2.74 bits per heavy atom. The Bertz CT molecular complexity index is 1020. The lowest BCUT2D eigenvalue weighted by Crippen LogP contribution is -2.38. The average molecular weight is 367 g/mol. The number of pyridine rings is 2. The lowest BCUT2D eigenvalue weighted by molar-refractivity contribution is 0.0634. The van der Waals surface area contributed by atoms with Gasteiger partial charge >= 0.3 is 0 Å². The molecule has 0 fully saturated rings. The molecule has 3 heterocycles. The third-order valence-electron chi connectivity index (χ3n) is 4.57. The maximum Gasteiger partial charge on any atom is 0.218 e. The minimum atomic E-state index is -0.496. The third kappa shape index (κ3) is 3.79. The van der Waals surface area contributed by atoms with Crippen molar-refractivity contribution in [1.29, 1.82) is 0 Å². The third-order valence-corrected chi connectivity index (χ3v) is 4.57. The smallest absolute Gasteiger partial charge is 0.218 e. The van der Waals surface area contributed by atoms with Crippen LogP contribution in [0, 0.1) is 11.8 Å². The normalized spacial score (nSPS) is 18.8. The van der Waals surface area contributed by atoms with Gasteiger partial charge < -0.3 is 4.74 Å². The van der Waals surface area contributed by atoms with Gasteiger partial charge in [-0.15, -0.1) is 0 Å². The maximum atomic E-state index is 13.9. The maximum absolute atomic E-state index is 13.9. The van der Waals surface area contributed by atoms with Gasteiger partial charge in [-0.05, 0) is 44.0 Å². The number of aromatic nitrogens is 2. The molecule has 1 aromatic carbocycles. The molecule has 4 nitrogen and oxygen atoms in total. The van der Waals surface area contributed by atoms with E-state index in [9.17, 15) is 8.78 Å². The largest absolute Gasteiger partial charge is 0.471 e. The van der Waals surface area contributed by atoms with Crippen LogP contribution in [0.15, 0.2) is 53.8 Å². The highest BCUT2D eigenvalue weighted by atomic mass is 19.1. The van der Waals surface area contributed by atoms with Gasteiger partial charge in [0, 0.05) is 24.2 Å². The first-order valence-corrected chi connectivity index (χ1v) is 8.81. The second-order valence-electron chi connectivity index (χ2n) is 7.38. The standard InChI is InChI=1S/C21H19F2N3O/c1-21(2)10-16(8-13-6-7-18(23)24-11-13)26-20(27-21)15-9-14-4-3-5-17(22)19(14)25-12-15/h3-7,9,11-12,16H,8,10H2,1-2H3. The number of hydrogen-bond acceptors (Lipinski definition) is 4. The summed E-state index contributed by atoms with van der Waals surface area (Å²) in [7, 11) is 0. The number of fused-ring (bicyclic) bond motifs is 1. The Morgan fingerprint density at radius 2 is 1.96 bits per heavy atom. The van der Waals surface area contributed by atoms with E-state index in [1.165, 1.54) is 18.3 Å². The molecule has 0 saturated carbocycles. The van der Waals surface area contributed by atoms with Crippen LogP contribution < -0.4 is 0 Å². The molecule has 1 aliphatic rings. The van der Waals surface area contributed by atoms with E-state index in [2.05, 4.69) is 9.97 Å². The van der Waals surface area contributed by atoms with Crippen LogP contribution >= 0.6 is 0 Å². The fourth-order valence-corrected chi connectivity index (χ4v) is 3.40. The Hall–Kier alpha value is -2.89. The summed E-state index contributed by atoms with van der Waals surface area (Å²) in [5.74, 6) is -0.359. The Labute approximate surface area is 155 Å². The van der Waals surface area contributed by atoms with Crippen molar-refractivity contribution in [3.8, 4) is 0 Å². The van der Waals surface area contributed by atoms with Crippen molar-refractivity contribution in [1.82, 2.24) is 9.97 Å². The van der Waals surface area contributed by atoms with Gasteiger partial charge in [0.2, 0.25) is 11.8 Å². The highest BCUT2D eigenvalue weighted by molar-refractivity contribution is 5.97. The van der Waals surface area contributed by atoms with Gasteiger partial charge in [-0.1, -0.05) is 18.2 Å². The summed E-state index contributed by atoms with van der Waals surface area (Å²) in [6.07, 6.45) is 4.48. The second kappa shape index (κ2) is 6.68. The molecule has 0 aliphatic carbocycles. The number of para-hydroxylation sites is 1. The van der Waals surface area contributed by atoms with Crippen molar-refractivity contribution in [2.45, 2.75) is 38.3 Å². The van der Waals surface area contributed by atoms with E-state index in [1.54, 1.807) is 18.3 Å². The van der Waals surface area contributed by atoms with Gasteiger partial charge in [0.1, 0.15) is 16.9 Å². The Kier molecular flexibility index (Phi) is 4.34. The number of nitrogens with zero attached hydrogens (tertiary/aromatic N) is 3. The van der Waals surface area contributed by atoms with E-state index in [0.29, 0.717) is 28.8 Å². The SMILES string of the molecule is CC1(C)CC(Cc2ccc(F)nc2)N=C(c2cnc3c(F)cccc3c2)O1. The average Bonchev–Trinajstić information content (AvgIpc) is 2.62. The van der Waals surface area contributed by atoms with Crippen molar-refractivity contribution in [3.05, 3.63) is 71.7 Å². The predicted octanol–water partition coefficient (Wildman–Crippen LogP) is 4.46. The lowest BCUT2D eigenvalue weighted by atomic mass is 9.93.